The Bertz CT molecular complexity index is 717. The van der Waals surface area contributed by atoms with Crippen molar-refractivity contribution in [3.63, 3.8) is 0 Å². The predicted octanol–water partition coefficient (Wildman–Crippen LogP) is 1.74. The zero-order chi connectivity index (χ0) is 16.0. The molecule has 2 aromatic carbocycles. The highest BCUT2D eigenvalue weighted by Crippen LogP contribution is 2.46. The van der Waals surface area contributed by atoms with Gasteiger partial charge in [0.2, 0.25) is 5.91 Å². The van der Waals surface area contributed by atoms with E-state index in [-0.39, 0.29) is 35.7 Å². The fourth-order valence-electron chi connectivity index (χ4n) is 3.85. The minimum absolute atomic E-state index is 0.0270. The number of benzene rings is 2. The fourth-order valence-corrected chi connectivity index (χ4v) is 3.85. The molecule has 5 nitrogen and oxygen atoms in total. The second kappa shape index (κ2) is 5.37. The number of amides is 1. The molecule has 2 saturated heterocycles. The van der Waals surface area contributed by atoms with Gasteiger partial charge in [-0.1, -0.05) is 42.5 Å². The molecule has 23 heavy (non-hydrogen) atoms. The SMILES string of the molecule is CN1C(=O)C2NNC(c3ccccc3)C2C1c1ccc(O)cc1. The van der Waals surface area contributed by atoms with Crippen molar-refractivity contribution in [1.29, 1.82) is 0 Å². The largest absolute Gasteiger partial charge is 0.508 e. The fraction of sp³-hybridized carbons (Fsp3) is 0.278. The normalized spacial score (nSPS) is 29.8. The minimum atomic E-state index is -0.232. The van der Waals surface area contributed by atoms with Gasteiger partial charge >= 0.3 is 0 Å². The molecule has 0 aliphatic carbocycles. The van der Waals surface area contributed by atoms with E-state index in [0.717, 1.165) is 5.56 Å². The van der Waals surface area contributed by atoms with Gasteiger partial charge in [0, 0.05) is 13.0 Å². The Kier molecular flexibility index (Phi) is 3.32. The number of hydrazine groups is 1. The van der Waals surface area contributed by atoms with E-state index >= 15 is 0 Å². The van der Waals surface area contributed by atoms with Crippen molar-refractivity contribution < 1.29 is 9.90 Å². The maximum atomic E-state index is 12.6. The van der Waals surface area contributed by atoms with E-state index in [2.05, 4.69) is 23.0 Å². The molecule has 0 saturated carbocycles. The van der Waals surface area contributed by atoms with Gasteiger partial charge in [-0.3, -0.25) is 4.79 Å². The molecular weight excluding hydrogens is 290 g/mol. The maximum absolute atomic E-state index is 12.6. The van der Waals surface area contributed by atoms with Crippen molar-refractivity contribution in [2.45, 2.75) is 18.1 Å². The van der Waals surface area contributed by atoms with E-state index in [1.807, 2.05) is 42.3 Å². The monoisotopic (exact) mass is 309 g/mol. The lowest BCUT2D eigenvalue weighted by Gasteiger charge is -2.28. The molecule has 2 fully saturated rings. The van der Waals surface area contributed by atoms with Crippen LogP contribution in [0, 0.1) is 5.92 Å². The van der Waals surface area contributed by atoms with Crippen molar-refractivity contribution in [2.75, 3.05) is 7.05 Å². The number of phenolic OH excluding ortho intramolecular Hbond substituents is 1. The van der Waals surface area contributed by atoms with E-state index in [1.165, 1.54) is 5.56 Å². The molecule has 2 heterocycles. The molecule has 118 valence electrons. The molecule has 3 N–H and O–H groups in total. The Morgan fingerprint density at radius 3 is 2.26 bits per heavy atom. The Labute approximate surface area is 134 Å². The summed E-state index contributed by atoms with van der Waals surface area (Å²) in [6.45, 7) is 0. The summed E-state index contributed by atoms with van der Waals surface area (Å²) >= 11 is 0. The number of hydrogen-bond donors (Lipinski definition) is 3. The van der Waals surface area contributed by atoms with Crippen LogP contribution in [0.5, 0.6) is 5.75 Å². The molecular formula is C18H19N3O2. The number of hydrogen-bond acceptors (Lipinski definition) is 4. The van der Waals surface area contributed by atoms with Crippen molar-refractivity contribution in [3.8, 4) is 5.75 Å². The summed E-state index contributed by atoms with van der Waals surface area (Å²) < 4.78 is 0. The molecule has 1 amide bonds. The Morgan fingerprint density at radius 2 is 1.57 bits per heavy atom. The second-order valence-corrected chi connectivity index (χ2v) is 6.22. The molecule has 0 aromatic heterocycles. The topological polar surface area (TPSA) is 64.6 Å². The van der Waals surface area contributed by atoms with Crippen LogP contribution >= 0.6 is 0 Å². The van der Waals surface area contributed by atoms with Gasteiger partial charge in [0.15, 0.2) is 0 Å². The van der Waals surface area contributed by atoms with Crippen molar-refractivity contribution in [1.82, 2.24) is 15.8 Å². The molecule has 4 rings (SSSR count). The third kappa shape index (κ3) is 2.20. The van der Waals surface area contributed by atoms with Gasteiger partial charge in [0.25, 0.3) is 0 Å². The molecule has 2 aromatic rings. The lowest BCUT2D eigenvalue weighted by molar-refractivity contribution is -0.129. The predicted molar refractivity (Wildman–Crippen MR) is 86.4 cm³/mol. The summed E-state index contributed by atoms with van der Waals surface area (Å²) in [5.41, 5.74) is 8.66. The number of likely N-dealkylation sites (N-methyl/N-ethyl adjacent to an activating group) is 1. The van der Waals surface area contributed by atoms with Crippen LogP contribution in [0.4, 0.5) is 0 Å². The molecule has 2 aliphatic rings. The van der Waals surface area contributed by atoms with Gasteiger partial charge in [0.05, 0.1) is 12.1 Å². The maximum Gasteiger partial charge on any atom is 0.241 e. The third-order valence-corrected chi connectivity index (χ3v) is 4.95. The van der Waals surface area contributed by atoms with E-state index in [0.29, 0.717) is 0 Å². The molecule has 0 radical (unpaired) electrons. The number of carbonyl (C=O) groups is 1. The summed E-state index contributed by atoms with van der Waals surface area (Å²) in [7, 11) is 1.85. The van der Waals surface area contributed by atoms with Crippen LogP contribution in [0.25, 0.3) is 0 Å². The number of likely N-dealkylation sites (tertiary alicyclic amines) is 1. The van der Waals surface area contributed by atoms with Gasteiger partial charge < -0.3 is 10.0 Å². The average molecular weight is 309 g/mol. The van der Waals surface area contributed by atoms with E-state index in [9.17, 15) is 9.90 Å². The van der Waals surface area contributed by atoms with Crippen molar-refractivity contribution in [2.24, 2.45) is 5.92 Å². The molecule has 2 aliphatic heterocycles. The summed E-state index contributed by atoms with van der Waals surface area (Å²) in [5.74, 6) is 0.429. The number of phenols is 1. The third-order valence-electron chi connectivity index (χ3n) is 4.95. The molecule has 4 atom stereocenters. The zero-order valence-electron chi connectivity index (χ0n) is 12.8. The quantitative estimate of drug-likeness (QED) is 0.791. The number of aromatic hydroxyl groups is 1. The summed E-state index contributed by atoms with van der Waals surface area (Å²) in [4.78, 5) is 14.4. The number of nitrogens with one attached hydrogen (secondary N) is 2. The van der Waals surface area contributed by atoms with E-state index < -0.39 is 0 Å². The van der Waals surface area contributed by atoms with E-state index in [4.69, 9.17) is 0 Å². The average Bonchev–Trinajstić information content (AvgIpc) is 3.10. The van der Waals surface area contributed by atoms with Crippen LogP contribution in [0.1, 0.15) is 23.2 Å². The minimum Gasteiger partial charge on any atom is -0.508 e. The van der Waals surface area contributed by atoms with Crippen LogP contribution in [-0.4, -0.2) is 29.0 Å². The van der Waals surface area contributed by atoms with Crippen molar-refractivity contribution >= 4 is 5.91 Å². The van der Waals surface area contributed by atoms with Gasteiger partial charge in [0.1, 0.15) is 11.8 Å². The first-order chi connectivity index (χ1) is 11.2. The Balaban J connectivity index is 1.75. The van der Waals surface area contributed by atoms with Crippen LogP contribution < -0.4 is 10.9 Å². The van der Waals surface area contributed by atoms with Crippen molar-refractivity contribution in [3.05, 3.63) is 65.7 Å². The van der Waals surface area contributed by atoms with Crippen LogP contribution in [0.3, 0.4) is 0 Å². The Hall–Kier alpha value is -2.37. The number of fused-ring (bicyclic) bond motifs is 1. The van der Waals surface area contributed by atoms with Gasteiger partial charge in [-0.2, -0.15) is 0 Å². The first-order valence-corrected chi connectivity index (χ1v) is 7.78. The van der Waals surface area contributed by atoms with Gasteiger partial charge in [-0.15, -0.1) is 0 Å². The summed E-state index contributed by atoms with van der Waals surface area (Å²) in [6.07, 6.45) is 0. The standard InChI is InChI=1S/C18H19N3O2/c1-21-17(12-7-9-13(22)10-8-12)14-15(11-5-3-2-4-6-11)19-20-16(14)18(21)23/h2-10,14-17,19-20,22H,1H3. The lowest BCUT2D eigenvalue weighted by atomic mass is 9.83. The van der Waals surface area contributed by atoms with Crippen LogP contribution in [0.2, 0.25) is 0 Å². The second-order valence-electron chi connectivity index (χ2n) is 6.22. The number of rotatable bonds is 2. The van der Waals surface area contributed by atoms with Crippen LogP contribution in [0.15, 0.2) is 54.6 Å². The molecule has 0 bridgehead atoms. The zero-order valence-corrected chi connectivity index (χ0v) is 12.8. The summed E-state index contributed by atoms with van der Waals surface area (Å²) in [6, 6.07) is 17.1. The Morgan fingerprint density at radius 1 is 0.913 bits per heavy atom. The smallest absolute Gasteiger partial charge is 0.241 e. The number of carbonyl (C=O) groups excluding carboxylic acids is 1. The molecule has 4 unspecified atom stereocenters. The molecule has 0 spiro atoms. The van der Waals surface area contributed by atoms with Gasteiger partial charge in [-0.05, 0) is 23.3 Å². The van der Waals surface area contributed by atoms with Crippen LogP contribution in [-0.2, 0) is 4.79 Å². The number of nitrogens with zero attached hydrogens (tertiary/aromatic N) is 1. The van der Waals surface area contributed by atoms with E-state index in [1.54, 1.807) is 12.1 Å². The lowest BCUT2D eigenvalue weighted by Crippen LogP contribution is -2.39. The van der Waals surface area contributed by atoms with Gasteiger partial charge in [-0.25, -0.2) is 10.9 Å². The first kappa shape index (κ1) is 14.2. The highest BCUT2D eigenvalue weighted by atomic mass is 16.3. The highest BCUT2D eigenvalue weighted by Gasteiger charge is 2.54. The first-order valence-electron chi connectivity index (χ1n) is 7.78. The molecule has 5 heteroatoms. The summed E-state index contributed by atoms with van der Waals surface area (Å²) in [5, 5.41) is 9.53. The highest BCUT2D eigenvalue weighted by molar-refractivity contribution is 5.86.